The number of carbonyl (C=O) groups excluding carboxylic acids is 5. The number of hydrogen-bond acceptors (Lipinski definition) is 10. The molecule has 14 heteroatoms. The van der Waals surface area contributed by atoms with E-state index in [9.17, 15) is 34.1 Å². The first-order valence-corrected chi connectivity index (χ1v) is 13.6. The lowest BCUT2D eigenvalue weighted by Crippen LogP contribution is -2.54. The van der Waals surface area contributed by atoms with Crippen LogP contribution in [0.25, 0.3) is 0 Å². The predicted molar refractivity (Wildman–Crippen MR) is 154 cm³/mol. The summed E-state index contributed by atoms with van der Waals surface area (Å²) in [5.74, 6) is -2.20. The molecule has 3 amide bonds. The number of carbonyl (C=O) groups is 5. The summed E-state index contributed by atoms with van der Waals surface area (Å²) < 4.78 is 14.6. The minimum atomic E-state index is -0.997. The maximum Gasteiger partial charge on any atom is 0.514 e. The number of amides is 3. The van der Waals surface area contributed by atoms with Crippen molar-refractivity contribution < 1.29 is 43.1 Å². The second-order valence-corrected chi connectivity index (χ2v) is 9.79. The predicted octanol–water partition coefficient (Wildman–Crippen LogP) is 3.63. The van der Waals surface area contributed by atoms with Crippen molar-refractivity contribution in [1.29, 1.82) is 0 Å². The van der Waals surface area contributed by atoms with Crippen LogP contribution in [0.3, 0.4) is 0 Å². The molecule has 2 aromatic carbocycles. The van der Waals surface area contributed by atoms with Gasteiger partial charge in [-0.1, -0.05) is 39.3 Å². The smallest absolute Gasteiger partial charge is 0.469 e. The zero-order valence-corrected chi connectivity index (χ0v) is 24.4. The van der Waals surface area contributed by atoms with Gasteiger partial charge in [-0.3, -0.25) is 29.3 Å². The van der Waals surface area contributed by atoms with Gasteiger partial charge in [0.1, 0.15) is 24.4 Å². The fourth-order valence-electron chi connectivity index (χ4n) is 3.73. The summed E-state index contributed by atoms with van der Waals surface area (Å²) in [5.41, 5.74) is 0.891. The molecule has 1 unspecified atom stereocenters. The fourth-order valence-corrected chi connectivity index (χ4v) is 3.73. The summed E-state index contributed by atoms with van der Waals surface area (Å²) in [6.45, 7) is 5.24. The lowest BCUT2D eigenvalue weighted by atomic mass is 10.0. The number of anilines is 1. The first-order valence-electron chi connectivity index (χ1n) is 13.6. The van der Waals surface area contributed by atoms with Gasteiger partial charge in [-0.25, -0.2) is 4.79 Å². The SMILES string of the molecule is CCC[C@H](NC(=O)C(NC(=O)CCC(=O)OC)C(C)C)C(=O)Nc1ccc(COC(=O)Oc2ccc([N+](=O)[O-])cc2)cc1. The summed E-state index contributed by atoms with van der Waals surface area (Å²) in [4.78, 5) is 71.7. The lowest BCUT2D eigenvalue weighted by molar-refractivity contribution is -0.384. The Kier molecular flexibility index (Phi) is 13.6. The third kappa shape index (κ3) is 11.8. The van der Waals surface area contributed by atoms with Crippen LogP contribution in [-0.4, -0.2) is 54.0 Å². The summed E-state index contributed by atoms with van der Waals surface area (Å²) >= 11 is 0. The van der Waals surface area contributed by atoms with Crippen LogP contribution >= 0.6 is 0 Å². The molecular weight excluding hydrogens is 564 g/mol. The Hall–Kier alpha value is -5.01. The molecule has 232 valence electrons. The minimum absolute atomic E-state index is 0.0862. The average molecular weight is 601 g/mol. The van der Waals surface area contributed by atoms with E-state index in [1.165, 1.54) is 31.4 Å². The summed E-state index contributed by atoms with van der Waals surface area (Å²) in [6, 6.07) is 9.61. The molecular formula is C29H36N4O10. The number of ether oxygens (including phenoxy) is 3. The quantitative estimate of drug-likeness (QED) is 0.118. The first-order chi connectivity index (χ1) is 20.4. The Balaban J connectivity index is 1.91. The molecule has 0 aromatic heterocycles. The first kappa shape index (κ1) is 34.2. The Morgan fingerprint density at radius 3 is 2.12 bits per heavy atom. The van der Waals surface area contributed by atoms with Crippen LogP contribution in [0, 0.1) is 16.0 Å². The summed E-state index contributed by atoms with van der Waals surface area (Å²) in [7, 11) is 1.22. The third-order valence-corrected chi connectivity index (χ3v) is 6.09. The van der Waals surface area contributed by atoms with Gasteiger partial charge in [-0.05, 0) is 42.2 Å². The topological polar surface area (TPSA) is 192 Å². The van der Waals surface area contributed by atoms with Gasteiger partial charge in [0, 0.05) is 24.2 Å². The highest BCUT2D eigenvalue weighted by atomic mass is 16.7. The van der Waals surface area contributed by atoms with E-state index in [4.69, 9.17) is 9.47 Å². The van der Waals surface area contributed by atoms with Gasteiger partial charge in [0.05, 0.1) is 18.5 Å². The number of nitrogens with zero attached hydrogens (tertiary/aromatic N) is 1. The van der Waals surface area contributed by atoms with Crippen LogP contribution in [0.15, 0.2) is 48.5 Å². The highest BCUT2D eigenvalue weighted by molar-refractivity contribution is 5.98. The van der Waals surface area contributed by atoms with Crippen molar-refractivity contribution in [2.24, 2.45) is 5.92 Å². The average Bonchev–Trinajstić information content (AvgIpc) is 2.98. The second-order valence-electron chi connectivity index (χ2n) is 9.79. The van der Waals surface area contributed by atoms with E-state index in [1.807, 2.05) is 6.92 Å². The van der Waals surface area contributed by atoms with Crippen LogP contribution in [0.2, 0.25) is 0 Å². The van der Waals surface area contributed by atoms with Gasteiger partial charge in [0.25, 0.3) is 5.69 Å². The molecule has 0 saturated heterocycles. The molecule has 2 aromatic rings. The Labute approximate surface area is 248 Å². The van der Waals surface area contributed by atoms with E-state index < -0.39 is 46.9 Å². The van der Waals surface area contributed by atoms with E-state index in [-0.39, 0.29) is 36.8 Å². The zero-order valence-electron chi connectivity index (χ0n) is 24.4. The van der Waals surface area contributed by atoms with E-state index in [0.717, 1.165) is 0 Å². The van der Waals surface area contributed by atoms with E-state index >= 15 is 0 Å². The van der Waals surface area contributed by atoms with Crippen LogP contribution in [-0.2, 0) is 35.3 Å². The van der Waals surface area contributed by atoms with Crippen LogP contribution in [0.4, 0.5) is 16.2 Å². The fraction of sp³-hybridized carbons (Fsp3) is 0.414. The van der Waals surface area contributed by atoms with Gasteiger partial charge in [0.2, 0.25) is 17.7 Å². The monoisotopic (exact) mass is 600 g/mol. The van der Waals surface area contributed by atoms with Gasteiger partial charge >= 0.3 is 12.1 Å². The molecule has 0 aliphatic heterocycles. The Morgan fingerprint density at radius 2 is 1.56 bits per heavy atom. The number of methoxy groups -OCH3 is 1. The number of benzene rings is 2. The molecule has 0 heterocycles. The summed E-state index contributed by atoms with van der Waals surface area (Å²) in [6.07, 6.45) is -0.301. The molecule has 0 aliphatic carbocycles. The van der Waals surface area contributed by atoms with E-state index in [0.29, 0.717) is 24.1 Å². The zero-order chi connectivity index (χ0) is 31.9. The standard InChI is InChI=1S/C29H36N4O10/c1-5-6-23(31-28(37)26(18(2)3)32-24(34)15-16-25(35)41-4)27(36)30-20-9-7-19(8-10-20)17-42-29(38)43-22-13-11-21(12-14-22)33(39)40/h7-14,18,23,26H,5-6,15-17H2,1-4H3,(H,30,36)(H,31,37)(H,32,34)/t23-,26?/m0/s1. The van der Waals surface area contributed by atoms with Crippen LogP contribution < -0.4 is 20.7 Å². The maximum atomic E-state index is 13.0. The molecule has 0 radical (unpaired) electrons. The van der Waals surface area contributed by atoms with Gasteiger partial charge in [-0.2, -0.15) is 0 Å². The van der Waals surface area contributed by atoms with Crippen molar-refractivity contribution in [3.8, 4) is 5.75 Å². The third-order valence-electron chi connectivity index (χ3n) is 6.09. The number of nitrogens with one attached hydrogen (secondary N) is 3. The van der Waals surface area contributed by atoms with Crippen molar-refractivity contribution in [2.45, 2.75) is 65.1 Å². The number of nitro groups is 1. The molecule has 2 atom stereocenters. The molecule has 43 heavy (non-hydrogen) atoms. The minimum Gasteiger partial charge on any atom is -0.469 e. The van der Waals surface area contributed by atoms with Crippen LogP contribution in [0.1, 0.15) is 52.0 Å². The normalized spacial score (nSPS) is 11.9. The van der Waals surface area contributed by atoms with Gasteiger partial charge < -0.3 is 30.2 Å². The molecule has 0 aliphatic rings. The molecule has 0 bridgehead atoms. The molecule has 2 rings (SSSR count). The highest BCUT2D eigenvalue weighted by Crippen LogP contribution is 2.18. The molecule has 3 N–H and O–H groups in total. The Bertz CT molecular complexity index is 1280. The maximum absolute atomic E-state index is 13.0. The lowest BCUT2D eigenvalue weighted by Gasteiger charge is -2.25. The van der Waals surface area contributed by atoms with Gasteiger partial charge in [0.15, 0.2) is 0 Å². The number of rotatable bonds is 15. The number of hydrogen-bond donors (Lipinski definition) is 3. The summed E-state index contributed by atoms with van der Waals surface area (Å²) in [5, 5.41) is 18.8. The molecule has 0 fully saturated rings. The highest BCUT2D eigenvalue weighted by Gasteiger charge is 2.28. The largest absolute Gasteiger partial charge is 0.514 e. The van der Waals surface area contributed by atoms with Crippen molar-refractivity contribution in [2.75, 3.05) is 12.4 Å². The second kappa shape index (κ2) is 17.1. The van der Waals surface area contributed by atoms with Crippen molar-refractivity contribution >= 4 is 41.2 Å². The van der Waals surface area contributed by atoms with E-state index in [2.05, 4.69) is 20.7 Å². The van der Waals surface area contributed by atoms with Crippen molar-refractivity contribution in [3.63, 3.8) is 0 Å². The molecule has 14 nitrogen and oxygen atoms in total. The number of non-ortho nitro benzene ring substituents is 1. The van der Waals surface area contributed by atoms with Crippen LogP contribution in [0.5, 0.6) is 5.75 Å². The number of nitro benzene ring substituents is 1. The van der Waals surface area contributed by atoms with Crippen molar-refractivity contribution in [3.05, 3.63) is 64.2 Å². The number of esters is 1. The van der Waals surface area contributed by atoms with Crippen molar-refractivity contribution in [1.82, 2.24) is 10.6 Å². The van der Waals surface area contributed by atoms with E-state index in [1.54, 1.807) is 38.1 Å². The van der Waals surface area contributed by atoms with Gasteiger partial charge in [-0.15, -0.1) is 0 Å². The Morgan fingerprint density at radius 1 is 0.907 bits per heavy atom. The molecule has 0 spiro atoms. The molecule has 0 saturated carbocycles.